The van der Waals surface area contributed by atoms with E-state index in [1.54, 1.807) is 0 Å². The molecule has 0 spiro atoms. The number of hydrogen-bond acceptors (Lipinski definition) is 6. The first kappa shape index (κ1) is 46.0. The Morgan fingerprint density at radius 1 is 0.620 bits per heavy atom. The van der Waals surface area contributed by atoms with Crippen LogP contribution in [0.4, 0.5) is 0 Å². The number of nitrogens with two attached hydrogens (primary N) is 1. The first-order valence-electron chi connectivity index (χ1n) is 19.5. The molecule has 0 saturated carbocycles. The zero-order valence-corrected chi connectivity index (χ0v) is 40.5. The molecule has 1 aromatic rings. The predicted octanol–water partition coefficient (Wildman–Crippen LogP) is 10.6. The predicted molar refractivity (Wildman–Crippen MR) is 228 cm³/mol. The summed E-state index contributed by atoms with van der Waals surface area (Å²) in [5, 5.41) is 0.271. The summed E-state index contributed by atoms with van der Waals surface area (Å²) < 4.78 is 30.0. The maximum Gasteiger partial charge on any atom is 0.192 e. The van der Waals surface area contributed by atoms with Gasteiger partial charge >= 0.3 is 0 Å². The Morgan fingerprint density at radius 2 is 1.04 bits per heavy atom. The number of likely N-dealkylation sites (tertiary alicyclic amines) is 1. The summed E-state index contributed by atoms with van der Waals surface area (Å²) in [6, 6.07) is 9.03. The van der Waals surface area contributed by atoms with Crippen molar-refractivity contribution in [3.8, 4) is 0 Å². The molecule has 0 bridgehead atoms. The molecule has 1 saturated heterocycles. The van der Waals surface area contributed by atoms with E-state index in [2.05, 4.69) is 165 Å². The number of benzene rings is 1. The second-order valence-electron chi connectivity index (χ2n) is 21.3. The van der Waals surface area contributed by atoms with Gasteiger partial charge in [0.2, 0.25) is 0 Å². The Morgan fingerprint density at radius 3 is 1.48 bits per heavy atom. The summed E-state index contributed by atoms with van der Waals surface area (Å²) in [4.78, 5) is 2.67. The lowest BCUT2D eigenvalue weighted by molar-refractivity contribution is -0.128. The zero-order valence-electron chi connectivity index (χ0n) is 36.5. The smallest absolute Gasteiger partial charge is 0.192 e. The monoisotopic (exact) mass is 767 g/mol. The fraction of sp³-hybridized carbons (Fsp3) is 0.850. The van der Waals surface area contributed by atoms with Gasteiger partial charge in [0, 0.05) is 13.1 Å². The molecule has 0 aliphatic carbocycles. The molecule has 1 aliphatic heterocycles. The molecule has 0 amide bonds. The summed E-state index contributed by atoms with van der Waals surface area (Å²) in [6.45, 7) is 50.2. The SMILES string of the molecule is CC(C)(C)[Si](C)(C)OC[C@@H]1C(O[Si](C)(C)C(C)(C)C)C(O[Si](C)(C)C(C)(C)C)C(O[Si](C)(C)C(C)(C)C)CN1CCc1cccc(CCN)c1. The highest BCUT2D eigenvalue weighted by Gasteiger charge is 2.55. The Balaban J connectivity index is 2.83. The minimum Gasteiger partial charge on any atom is -0.415 e. The summed E-state index contributed by atoms with van der Waals surface area (Å²) in [5.74, 6) is 0. The van der Waals surface area contributed by atoms with Crippen LogP contribution in [0.2, 0.25) is 72.5 Å². The molecule has 0 radical (unpaired) electrons. The molecule has 2 N–H and O–H groups in total. The van der Waals surface area contributed by atoms with E-state index < -0.39 is 33.3 Å². The van der Waals surface area contributed by atoms with Gasteiger partial charge in [-0.1, -0.05) is 107 Å². The molecular weight excluding hydrogens is 685 g/mol. The van der Waals surface area contributed by atoms with Crippen molar-refractivity contribution in [1.82, 2.24) is 4.90 Å². The number of nitrogens with zero attached hydrogens (tertiary/aromatic N) is 1. The van der Waals surface area contributed by atoms with Crippen LogP contribution in [0.25, 0.3) is 0 Å². The fourth-order valence-electron chi connectivity index (χ4n) is 5.44. The van der Waals surface area contributed by atoms with Crippen molar-refractivity contribution in [3.63, 3.8) is 0 Å². The molecule has 1 heterocycles. The Kier molecular flexibility index (Phi) is 15.0. The molecule has 1 aliphatic rings. The van der Waals surface area contributed by atoms with Crippen LogP contribution in [0.15, 0.2) is 24.3 Å². The van der Waals surface area contributed by atoms with E-state index in [-0.39, 0.29) is 44.5 Å². The molecule has 3 unspecified atom stereocenters. The maximum atomic E-state index is 7.69. The van der Waals surface area contributed by atoms with Gasteiger partial charge in [-0.3, -0.25) is 4.90 Å². The van der Waals surface area contributed by atoms with Crippen molar-refractivity contribution < 1.29 is 17.7 Å². The summed E-state index contributed by atoms with van der Waals surface area (Å²) in [7, 11) is -8.74. The first-order valence-corrected chi connectivity index (χ1v) is 31.1. The van der Waals surface area contributed by atoms with Crippen LogP contribution < -0.4 is 5.73 Å². The van der Waals surface area contributed by atoms with Gasteiger partial charge in [-0.15, -0.1) is 0 Å². The minimum atomic E-state index is -2.26. The molecule has 0 aromatic heterocycles. The van der Waals surface area contributed by atoms with Gasteiger partial charge in [-0.05, 0) is 103 Å². The largest absolute Gasteiger partial charge is 0.415 e. The summed E-state index contributed by atoms with van der Waals surface area (Å²) in [5.41, 5.74) is 8.60. The Bertz CT molecular complexity index is 1230. The van der Waals surface area contributed by atoms with Crippen LogP contribution in [0.5, 0.6) is 0 Å². The van der Waals surface area contributed by atoms with E-state index in [4.69, 9.17) is 23.4 Å². The van der Waals surface area contributed by atoms with Gasteiger partial charge in [0.1, 0.15) is 0 Å². The van der Waals surface area contributed by atoms with Crippen molar-refractivity contribution >= 4 is 33.3 Å². The van der Waals surface area contributed by atoms with E-state index in [0.29, 0.717) is 13.2 Å². The summed E-state index contributed by atoms with van der Waals surface area (Å²) >= 11 is 0. The van der Waals surface area contributed by atoms with Crippen molar-refractivity contribution in [2.24, 2.45) is 5.73 Å². The molecule has 2 rings (SSSR count). The second kappa shape index (κ2) is 16.3. The molecule has 6 nitrogen and oxygen atoms in total. The second-order valence-corrected chi connectivity index (χ2v) is 40.4. The van der Waals surface area contributed by atoms with Gasteiger partial charge in [0.05, 0.1) is 31.0 Å². The van der Waals surface area contributed by atoms with Crippen LogP contribution in [0.3, 0.4) is 0 Å². The zero-order chi connectivity index (χ0) is 38.9. The van der Waals surface area contributed by atoms with Crippen LogP contribution in [0, 0.1) is 0 Å². The third-order valence-corrected chi connectivity index (χ3v) is 31.2. The number of piperidine rings is 1. The lowest BCUT2D eigenvalue weighted by Crippen LogP contribution is -2.70. The van der Waals surface area contributed by atoms with E-state index in [1.165, 1.54) is 11.1 Å². The molecular formula is C40H82N2O4Si4. The number of rotatable bonds is 14. The van der Waals surface area contributed by atoms with Gasteiger partial charge in [0.15, 0.2) is 33.3 Å². The Labute approximate surface area is 314 Å². The highest BCUT2D eigenvalue weighted by Crippen LogP contribution is 2.46. The van der Waals surface area contributed by atoms with Gasteiger partial charge in [-0.2, -0.15) is 0 Å². The van der Waals surface area contributed by atoms with E-state index >= 15 is 0 Å². The lowest BCUT2D eigenvalue weighted by atomic mass is 9.93. The topological polar surface area (TPSA) is 66.2 Å². The van der Waals surface area contributed by atoms with Crippen LogP contribution in [0.1, 0.15) is 94.2 Å². The first-order chi connectivity index (χ1) is 22.3. The Hall–Kier alpha value is -0.152. The van der Waals surface area contributed by atoms with Gasteiger partial charge in [0.25, 0.3) is 0 Å². The fourth-order valence-corrected chi connectivity index (χ4v) is 10.4. The maximum absolute atomic E-state index is 7.69. The minimum absolute atomic E-state index is 0.0412. The van der Waals surface area contributed by atoms with Crippen LogP contribution in [-0.2, 0) is 30.5 Å². The average molecular weight is 767 g/mol. The summed E-state index contributed by atoms with van der Waals surface area (Å²) in [6.07, 6.45) is 1.38. The third-order valence-electron chi connectivity index (χ3n) is 13.2. The lowest BCUT2D eigenvalue weighted by Gasteiger charge is -2.56. The average Bonchev–Trinajstić information content (AvgIpc) is 2.90. The van der Waals surface area contributed by atoms with Crippen molar-refractivity contribution in [3.05, 3.63) is 35.4 Å². The third kappa shape index (κ3) is 11.7. The van der Waals surface area contributed by atoms with Gasteiger partial charge < -0.3 is 23.4 Å². The standard InChI is InChI=1S/C40H82N2O4Si4/c1-37(2,3)47(13,14)43-30-33-35(45-49(17,18)39(7,8)9)36(46-50(19,20)40(10,11)12)34(44-48(15,16)38(4,5)6)29-42(33)27-25-32-23-21-22-31(28-32)24-26-41/h21-23,28,33-36H,24-27,29-30,41H2,1-20H3/t33-,34?,35?,36?/m1/s1. The molecule has 1 aromatic carbocycles. The molecule has 1 fully saturated rings. The molecule has 50 heavy (non-hydrogen) atoms. The highest BCUT2D eigenvalue weighted by molar-refractivity contribution is 6.75. The molecule has 4 atom stereocenters. The van der Waals surface area contributed by atoms with Crippen LogP contribution in [-0.4, -0.2) is 88.8 Å². The number of hydrogen-bond donors (Lipinski definition) is 1. The van der Waals surface area contributed by atoms with Crippen molar-refractivity contribution in [2.75, 3.05) is 26.2 Å². The normalized spacial score (nSPS) is 22.7. The van der Waals surface area contributed by atoms with Crippen molar-refractivity contribution in [2.45, 2.75) is 193 Å². The van der Waals surface area contributed by atoms with E-state index in [1.807, 2.05) is 0 Å². The van der Waals surface area contributed by atoms with Crippen LogP contribution >= 0.6 is 0 Å². The van der Waals surface area contributed by atoms with Crippen molar-refractivity contribution in [1.29, 1.82) is 0 Å². The molecule has 292 valence electrons. The quantitative estimate of drug-likeness (QED) is 0.190. The van der Waals surface area contributed by atoms with E-state index in [0.717, 1.165) is 25.9 Å². The highest BCUT2D eigenvalue weighted by atomic mass is 28.4. The van der Waals surface area contributed by atoms with Gasteiger partial charge in [-0.25, -0.2) is 0 Å². The van der Waals surface area contributed by atoms with E-state index in [9.17, 15) is 0 Å². The molecule has 10 heteroatoms.